The van der Waals surface area contributed by atoms with E-state index in [0.29, 0.717) is 10.7 Å². The van der Waals surface area contributed by atoms with Gasteiger partial charge in [-0.25, -0.2) is 9.67 Å². The van der Waals surface area contributed by atoms with Crippen molar-refractivity contribution >= 4 is 34.5 Å². The molecule has 3 heterocycles. The molecule has 0 unspecified atom stereocenters. The van der Waals surface area contributed by atoms with Crippen LogP contribution in [0.25, 0.3) is 5.69 Å². The van der Waals surface area contributed by atoms with Crippen molar-refractivity contribution in [1.29, 1.82) is 0 Å². The van der Waals surface area contributed by atoms with Crippen LogP contribution in [0.1, 0.15) is 23.5 Å². The molecule has 0 saturated carbocycles. The fraction of sp³-hybridized carbons (Fsp3) is 0.350. The first kappa shape index (κ1) is 19.1. The van der Waals surface area contributed by atoms with E-state index < -0.39 is 0 Å². The van der Waals surface area contributed by atoms with Gasteiger partial charge in [-0.15, -0.1) is 11.3 Å². The number of anilines is 1. The van der Waals surface area contributed by atoms with E-state index in [9.17, 15) is 4.79 Å². The lowest BCUT2D eigenvalue weighted by Crippen LogP contribution is -2.38. The summed E-state index contributed by atoms with van der Waals surface area (Å²) in [6, 6.07) is 7.28. The Balaban J connectivity index is 1.38. The Morgan fingerprint density at radius 1 is 1.36 bits per heavy atom. The van der Waals surface area contributed by atoms with Crippen LogP contribution >= 0.6 is 22.9 Å². The minimum atomic E-state index is -0.00197. The number of carbonyl (C=O) groups is 1. The first-order valence-electron chi connectivity index (χ1n) is 9.32. The number of piperidine rings is 1. The highest BCUT2D eigenvalue weighted by atomic mass is 35.5. The number of thiazole rings is 1. The van der Waals surface area contributed by atoms with Crippen LogP contribution in [0, 0.1) is 12.8 Å². The molecular formula is C20H22ClN5OS. The van der Waals surface area contributed by atoms with Crippen LogP contribution in [-0.4, -0.2) is 38.7 Å². The van der Waals surface area contributed by atoms with Gasteiger partial charge >= 0.3 is 0 Å². The summed E-state index contributed by atoms with van der Waals surface area (Å²) in [7, 11) is 0. The Labute approximate surface area is 173 Å². The topological polar surface area (TPSA) is 63.1 Å². The van der Waals surface area contributed by atoms with Gasteiger partial charge in [0.25, 0.3) is 0 Å². The highest BCUT2D eigenvalue weighted by Gasteiger charge is 2.26. The summed E-state index contributed by atoms with van der Waals surface area (Å²) in [5.74, 6) is 0.0395. The minimum absolute atomic E-state index is 0.00197. The fourth-order valence-electron chi connectivity index (χ4n) is 3.52. The lowest BCUT2D eigenvalue weighted by molar-refractivity contribution is -0.121. The van der Waals surface area contributed by atoms with Crippen molar-refractivity contribution in [3.63, 3.8) is 0 Å². The molecule has 0 atom stereocenters. The lowest BCUT2D eigenvalue weighted by atomic mass is 9.95. The van der Waals surface area contributed by atoms with Gasteiger partial charge in [0.1, 0.15) is 0 Å². The van der Waals surface area contributed by atoms with Crippen molar-refractivity contribution in [3.05, 3.63) is 57.8 Å². The van der Waals surface area contributed by atoms with E-state index in [1.807, 2.05) is 25.3 Å². The molecule has 1 aromatic carbocycles. The molecule has 1 fully saturated rings. The number of halogens is 1. The molecule has 146 valence electrons. The Bertz CT molecular complexity index is 947. The molecule has 0 radical (unpaired) electrons. The average Bonchev–Trinajstić information content (AvgIpc) is 3.34. The Kier molecular flexibility index (Phi) is 5.75. The molecule has 0 bridgehead atoms. The molecule has 1 aliphatic rings. The summed E-state index contributed by atoms with van der Waals surface area (Å²) in [5.41, 5.74) is 2.61. The number of hydrogen-bond donors (Lipinski definition) is 1. The van der Waals surface area contributed by atoms with Crippen LogP contribution < -0.4 is 5.32 Å². The summed E-state index contributed by atoms with van der Waals surface area (Å²) in [5, 5.41) is 11.1. The maximum Gasteiger partial charge on any atom is 0.227 e. The van der Waals surface area contributed by atoms with Crippen LogP contribution in [0.15, 0.2) is 42.0 Å². The summed E-state index contributed by atoms with van der Waals surface area (Å²) < 4.78 is 1.73. The van der Waals surface area contributed by atoms with Gasteiger partial charge in [0, 0.05) is 35.3 Å². The number of nitrogens with one attached hydrogen (secondary N) is 1. The number of rotatable bonds is 5. The van der Waals surface area contributed by atoms with Crippen molar-refractivity contribution in [3.8, 4) is 5.69 Å². The van der Waals surface area contributed by atoms with Gasteiger partial charge in [0.15, 0.2) is 0 Å². The molecular weight excluding hydrogens is 394 g/mol. The maximum absolute atomic E-state index is 12.9. The third-order valence-corrected chi connectivity index (χ3v) is 6.04. The van der Waals surface area contributed by atoms with E-state index >= 15 is 0 Å². The van der Waals surface area contributed by atoms with Gasteiger partial charge in [-0.1, -0.05) is 11.6 Å². The smallest absolute Gasteiger partial charge is 0.227 e. The molecule has 1 saturated heterocycles. The fourth-order valence-corrected chi connectivity index (χ4v) is 4.29. The number of hydrogen-bond acceptors (Lipinski definition) is 5. The number of nitrogens with zero attached hydrogens (tertiary/aromatic N) is 4. The molecule has 1 aliphatic heterocycles. The zero-order valence-electron chi connectivity index (χ0n) is 15.6. The van der Waals surface area contributed by atoms with Gasteiger partial charge in [0.2, 0.25) is 5.91 Å². The zero-order valence-corrected chi connectivity index (χ0v) is 17.2. The minimum Gasteiger partial charge on any atom is -0.324 e. The number of aromatic nitrogens is 3. The largest absolute Gasteiger partial charge is 0.324 e. The van der Waals surface area contributed by atoms with E-state index in [1.54, 1.807) is 34.3 Å². The molecule has 4 rings (SSSR count). The first-order chi connectivity index (χ1) is 13.6. The van der Waals surface area contributed by atoms with E-state index in [0.717, 1.165) is 48.9 Å². The molecule has 0 spiro atoms. The monoisotopic (exact) mass is 415 g/mol. The quantitative estimate of drug-likeness (QED) is 0.680. The van der Waals surface area contributed by atoms with Gasteiger partial charge in [0.05, 0.1) is 22.1 Å². The molecule has 3 aromatic rings. The number of likely N-dealkylation sites (tertiary alicyclic amines) is 1. The summed E-state index contributed by atoms with van der Waals surface area (Å²) >= 11 is 7.83. The van der Waals surface area contributed by atoms with E-state index in [4.69, 9.17) is 11.6 Å². The first-order valence-corrected chi connectivity index (χ1v) is 10.6. The molecule has 1 amide bonds. The normalized spacial score (nSPS) is 15.6. The standard InChI is InChI=1S/C20H22ClN5OS/c1-14-23-17(13-28-14)12-25-9-5-15(6-10-25)20(27)24-18-11-16(21)3-4-19(18)26-8-2-7-22-26/h2-4,7-8,11,13,15H,5-6,9-10,12H2,1H3,(H,24,27). The van der Waals surface area contributed by atoms with E-state index in [2.05, 4.69) is 25.7 Å². The highest BCUT2D eigenvalue weighted by Crippen LogP contribution is 2.27. The van der Waals surface area contributed by atoms with Crippen LogP contribution in [0.2, 0.25) is 5.02 Å². The number of amides is 1. The van der Waals surface area contributed by atoms with Crippen LogP contribution in [0.4, 0.5) is 5.69 Å². The summed E-state index contributed by atoms with van der Waals surface area (Å²) in [6.45, 7) is 4.68. The van der Waals surface area contributed by atoms with Crippen molar-refractivity contribution in [1.82, 2.24) is 19.7 Å². The number of carbonyl (C=O) groups excluding carboxylic acids is 1. The maximum atomic E-state index is 12.9. The van der Waals surface area contributed by atoms with Gasteiger partial charge in [-0.3, -0.25) is 9.69 Å². The SMILES string of the molecule is Cc1nc(CN2CCC(C(=O)Nc3cc(Cl)ccc3-n3cccn3)CC2)cs1. The second-order valence-corrected chi connectivity index (χ2v) is 8.51. The predicted octanol–water partition coefficient (Wildman–Crippen LogP) is 4.14. The van der Waals surface area contributed by atoms with Crippen molar-refractivity contribution in [2.45, 2.75) is 26.3 Å². The zero-order chi connectivity index (χ0) is 19.5. The number of aryl methyl sites for hydroxylation is 1. The highest BCUT2D eigenvalue weighted by molar-refractivity contribution is 7.09. The summed E-state index contributed by atoms with van der Waals surface area (Å²) in [4.78, 5) is 19.8. The average molecular weight is 416 g/mol. The van der Waals surface area contributed by atoms with E-state index in [-0.39, 0.29) is 11.8 Å². The van der Waals surface area contributed by atoms with Crippen molar-refractivity contribution in [2.75, 3.05) is 18.4 Å². The molecule has 1 N–H and O–H groups in total. The van der Waals surface area contributed by atoms with Gasteiger partial charge < -0.3 is 5.32 Å². The van der Waals surface area contributed by atoms with Gasteiger partial charge in [-0.2, -0.15) is 5.10 Å². The third-order valence-electron chi connectivity index (χ3n) is 4.98. The second-order valence-electron chi connectivity index (χ2n) is 7.01. The molecule has 28 heavy (non-hydrogen) atoms. The second kappa shape index (κ2) is 8.43. The number of benzene rings is 1. The predicted molar refractivity (Wildman–Crippen MR) is 112 cm³/mol. The molecule has 0 aliphatic carbocycles. The van der Waals surface area contributed by atoms with Gasteiger partial charge in [-0.05, 0) is 57.1 Å². The lowest BCUT2D eigenvalue weighted by Gasteiger charge is -2.30. The van der Waals surface area contributed by atoms with Crippen molar-refractivity contribution < 1.29 is 4.79 Å². The van der Waals surface area contributed by atoms with E-state index in [1.165, 1.54) is 0 Å². The van der Waals surface area contributed by atoms with Crippen LogP contribution in [-0.2, 0) is 11.3 Å². The van der Waals surface area contributed by atoms with Crippen molar-refractivity contribution in [2.24, 2.45) is 5.92 Å². The Hall–Kier alpha value is -2.22. The Morgan fingerprint density at radius 3 is 2.86 bits per heavy atom. The molecule has 2 aromatic heterocycles. The Morgan fingerprint density at radius 2 is 2.18 bits per heavy atom. The van der Waals surface area contributed by atoms with Crippen LogP contribution in [0.3, 0.4) is 0 Å². The summed E-state index contributed by atoms with van der Waals surface area (Å²) in [6.07, 6.45) is 5.23. The van der Waals surface area contributed by atoms with Crippen LogP contribution in [0.5, 0.6) is 0 Å². The molecule has 8 heteroatoms. The molecule has 6 nitrogen and oxygen atoms in total. The third kappa shape index (κ3) is 4.43.